The normalized spacial score (nSPS) is 11.9. The molecule has 0 bridgehead atoms. The Morgan fingerprint density at radius 2 is 1.17 bits per heavy atom. The third-order valence-electron chi connectivity index (χ3n) is 7.34. The molecule has 0 amide bonds. The van der Waals surface area contributed by atoms with E-state index in [0.29, 0.717) is 0 Å². The Morgan fingerprint density at radius 3 is 1.97 bits per heavy atom. The highest BCUT2D eigenvalue weighted by Gasteiger charge is 2.18. The maximum absolute atomic E-state index is 4.69. The van der Waals surface area contributed by atoms with Crippen molar-refractivity contribution >= 4 is 54.4 Å². The monoisotopic (exact) mass is 459 g/mol. The van der Waals surface area contributed by atoms with Crippen LogP contribution in [0.25, 0.3) is 65.9 Å². The number of para-hydroxylation sites is 3. The molecule has 0 saturated carbocycles. The molecule has 8 aromatic rings. The maximum Gasteiger partial charge on any atom is 0.137 e. The van der Waals surface area contributed by atoms with E-state index in [0.717, 1.165) is 5.82 Å². The van der Waals surface area contributed by atoms with E-state index in [4.69, 9.17) is 0 Å². The summed E-state index contributed by atoms with van der Waals surface area (Å²) in [6.07, 6.45) is 1.86. The zero-order valence-corrected chi connectivity index (χ0v) is 19.5. The molecule has 0 N–H and O–H groups in total. The Morgan fingerprint density at radius 1 is 0.444 bits per heavy atom. The van der Waals surface area contributed by atoms with Crippen LogP contribution < -0.4 is 0 Å². The van der Waals surface area contributed by atoms with E-state index in [2.05, 4.69) is 123 Å². The lowest BCUT2D eigenvalue weighted by atomic mass is 10.0. The van der Waals surface area contributed by atoms with E-state index in [9.17, 15) is 0 Å². The van der Waals surface area contributed by atoms with Gasteiger partial charge in [0.2, 0.25) is 0 Å². The predicted molar refractivity (Wildman–Crippen MR) is 150 cm³/mol. The number of hydrogen-bond acceptors (Lipinski definition) is 1. The van der Waals surface area contributed by atoms with Gasteiger partial charge >= 0.3 is 0 Å². The second-order valence-electron chi connectivity index (χ2n) is 9.28. The van der Waals surface area contributed by atoms with Gasteiger partial charge in [0.15, 0.2) is 0 Å². The quantitative estimate of drug-likeness (QED) is 0.254. The molecule has 0 aliphatic carbocycles. The SMILES string of the molecule is c1ccc(-n2c3ccccc3c3cc4c(ccc5c4c4ccccc4n5-c4ccccn4)cc32)cc1. The lowest BCUT2D eigenvalue weighted by molar-refractivity contribution is 1.08. The van der Waals surface area contributed by atoms with Crippen LogP contribution in [0.4, 0.5) is 0 Å². The van der Waals surface area contributed by atoms with Gasteiger partial charge in [-0.3, -0.25) is 4.57 Å². The number of pyridine rings is 1. The third kappa shape index (κ3) is 2.60. The van der Waals surface area contributed by atoms with Crippen molar-refractivity contribution in [3.63, 3.8) is 0 Å². The molecule has 3 aromatic heterocycles. The molecule has 0 unspecified atom stereocenters. The van der Waals surface area contributed by atoms with Crippen LogP contribution in [-0.2, 0) is 0 Å². The third-order valence-corrected chi connectivity index (χ3v) is 7.34. The molecule has 0 atom stereocenters. The fourth-order valence-electron chi connectivity index (χ4n) is 5.84. The maximum atomic E-state index is 4.69. The molecular formula is C33H21N3. The van der Waals surface area contributed by atoms with Crippen molar-refractivity contribution in [3.8, 4) is 11.5 Å². The smallest absolute Gasteiger partial charge is 0.137 e. The number of nitrogens with zero attached hydrogens (tertiary/aromatic N) is 3. The topological polar surface area (TPSA) is 22.8 Å². The Bertz CT molecular complexity index is 2040. The summed E-state index contributed by atoms with van der Waals surface area (Å²) in [6, 6.07) is 43.3. The van der Waals surface area contributed by atoms with Crippen LogP contribution in [0.5, 0.6) is 0 Å². The number of rotatable bonds is 2. The van der Waals surface area contributed by atoms with Crippen molar-refractivity contribution in [1.29, 1.82) is 0 Å². The van der Waals surface area contributed by atoms with Crippen LogP contribution in [-0.4, -0.2) is 14.1 Å². The fraction of sp³-hybridized carbons (Fsp3) is 0. The average Bonchev–Trinajstić information content (AvgIpc) is 3.45. The molecule has 3 nitrogen and oxygen atoms in total. The second-order valence-corrected chi connectivity index (χ2v) is 9.28. The molecular weight excluding hydrogens is 438 g/mol. The summed E-state index contributed by atoms with van der Waals surface area (Å²) in [7, 11) is 0. The lowest BCUT2D eigenvalue weighted by Crippen LogP contribution is -1.96. The molecule has 168 valence electrons. The summed E-state index contributed by atoms with van der Waals surface area (Å²) < 4.78 is 4.66. The molecule has 8 rings (SSSR count). The highest BCUT2D eigenvalue weighted by atomic mass is 15.1. The molecule has 0 spiro atoms. The molecule has 36 heavy (non-hydrogen) atoms. The molecule has 3 heteroatoms. The van der Waals surface area contributed by atoms with E-state index in [1.807, 2.05) is 18.3 Å². The minimum absolute atomic E-state index is 0.935. The van der Waals surface area contributed by atoms with Crippen molar-refractivity contribution in [1.82, 2.24) is 14.1 Å². The summed E-state index contributed by atoms with van der Waals surface area (Å²) >= 11 is 0. The van der Waals surface area contributed by atoms with Crippen LogP contribution in [0.15, 0.2) is 128 Å². The molecule has 0 saturated heterocycles. The van der Waals surface area contributed by atoms with Crippen LogP contribution >= 0.6 is 0 Å². The first-order valence-corrected chi connectivity index (χ1v) is 12.2. The molecule has 0 aliphatic heterocycles. The summed E-state index contributed by atoms with van der Waals surface area (Å²) in [6.45, 7) is 0. The largest absolute Gasteiger partial charge is 0.309 e. The minimum atomic E-state index is 0.935. The van der Waals surface area contributed by atoms with Gasteiger partial charge in [-0.05, 0) is 65.4 Å². The molecule has 3 heterocycles. The van der Waals surface area contributed by atoms with Crippen LogP contribution in [0.2, 0.25) is 0 Å². The van der Waals surface area contributed by atoms with Gasteiger partial charge < -0.3 is 4.57 Å². The summed E-state index contributed by atoms with van der Waals surface area (Å²) in [5.41, 5.74) is 5.97. The Balaban J connectivity index is 1.56. The number of hydrogen-bond donors (Lipinski definition) is 0. The lowest BCUT2D eigenvalue weighted by Gasteiger charge is -2.09. The molecule has 0 aliphatic rings. The Labute approximate surface area is 207 Å². The van der Waals surface area contributed by atoms with Gasteiger partial charge in [0.05, 0.1) is 22.1 Å². The Hall–Kier alpha value is -4.89. The molecule has 5 aromatic carbocycles. The van der Waals surface area contributed by atoms with E-state index < -0.39 is 0 Å². The van der Waals surface area contributed by atoms with Crippen molar-refractivity contribution in [2.75, 3.05) is 0 Å². The van der Waals surface area contributed by atoms with E-state index >= 15 is 0 Å². The van der Waals surface area contributed by atoms with Gasteiger partial charge in [0, 0.05) is 33.4 Å². The second kappa shape index (κ2) is 7.30. The first-order valence-electron chi connectivity index (χ1n) is 12.2. The van der Waals surface area contributed by atoms with Crippen molar-refractivity contribution in [3.05, 3.63) is 128 Å². The zero-order valence-electron chi connectivity index (χ0n) is 19.5. The highest BCUT2D eigenvalue weighted by molar-refractivity contribution is 6.25. The van der Waals surface area contributed by atoms with Gasteiger partial charge in [-0.15, -0.1) is 0 Å². The van der Waals surface area contributed by atoms with Gasteiger partial charge in [-0.25, -0.2) is 4.98 Å². The number of aromatic nitrogens is 3. The number of benzene rings is 5. The van der Waals surface area contributed by atoms with Crippen LogP contribution in [0.1, 0.15) is 0 Å². The standard InChI is InChI=1S/C33H21N3/c1-2-10-23(11-3-1)35-28-14-6-4-12-24(28)27-21-26-22(20-31(27)35)17-18-30-33(26)25-13-5-7-15-29(25)36(30)32-16-8-9-19-34-32/h1-21H. The average molecular weight is 460 g/mol. The Kier molecular flexibility index (Phi) is 3.94. The van der Waals surface area contributed by atoms with Crippen molar-refractivity contribution in [2.24, 2.45) is 0 Å². The van der Waals surface area contributed by atoms with Crippen molar-refractivity contribution < 1.29 is 0 Å². The van der Waals surface area contributed by atoms with Gasteiger partial charge in [-0.1, -0.05) is 66.7 Å². The first kappa shape index (κ1) is 19.4. The molecule has 0 radical (unpaired) electrons. The van der Waals surface area contributed by atoms with Gasteiger partial charge in [0.25, 0.3) is 0 Å². The summed E-state index contributed by atoms with van der Waals surface area (Å²) in [5.74, 6) is 0.935. The van der Waals surface area contributed by atoms with Gasteiger partial charge in [-0.2, -0.15) is 0 Å². The van der Waals surface area contributed by atoms with E-state index in [1.54, 1.807) is 0 Å². The predicted octanol–water partition coefficient (Wildman–Crippen LogP) is 8.43. The minimum Gasteiger partial charge on any atom is -0.309 e. The summed E-state index contributed by atoms with van der Waals surface area (Å²) in [4.78, 5) is 4.69. The zero-order chi connectivity index (χ0) is 23.6. The summed E-state index contributed by atoms with van der Waals surface area (Å²) in [5, 5.41) is 7.55. The van der Waals surface area contributed by atoms with E-state index in [-0.39, 0.29) is 0 Å². The van der Waals surface area contributed by atoms with Crippen LogP contribution in [0, 0.1) is 0 Å². The van der Waals surface area contributed by atoms with Gasteiger partial charge in [0.1, 0.15) is 5.82 Å². The van der Waals surface area contributed by atoms with Crippen LogP contribution in [0.3, 0.4) is 0 Å². The first-order chi connectivity index (χ1) is 17.9. The molecule has 0 fully saturated rings. The highest BCUT2D eigenvalue weighted by Crippen LogP contribution is 2.40. The fourth-order valence-corrected chi connectivity index (χ4v) is 5.84. The number of fused-ring (bicyclic) bond motifs is 8. The van der Waals surface area contributed by atoms with E-state index in [1.165, 1.54) is 60.1 Å². The van der Waals surface area contributed by atoms with Crippen molar-refractivity contribution in [2.45, 2.75) is 0 Å².